The van der Waals surface area contributed by atoms with Crippen molar-refractivity contribution in [3.63, 3.8) is 0 Å². The van der Waals surface area contributed by atoms with Crippen LogP contribution in [-0.4, -0.2) is 54.2 Å². The summed E-state index contributed by atoms with van der Waals surface area (Å²) in [6, 6.07) is -4.93. The van der Waals surface area contributed by atoms with Gasteiger partial charge < -0.3 is 19.7 Å². The minimum absolute atomic E-state index is 0.483. The molecule has 154 valence electrons. The van der Waals surface area contributed by atoms with Gasteiger partial charge in [-0.15, -0.1) is 0 Å². The van der Waals surface area contributed by atoms with Gasteiger partial charge in [0.2, 0.25) is 5.91 Å². The molecule has 1 heterocycles. The Morgan fingerprint density at radius 1 is 1.22 bits per heavy atom. The van der Waals surface area contributed by atoms with Crippen molar-refractivity contribution in [2.24, 2.45) is 22.7 Å². The monoisotopic (exact) mass is 397 g/mol. The van der Waals surface area contributed by atoms with Crippen molar-refractivity contribution in [1.82, 2.24) is 10.2 Å². The highest BCUT2D eigenvalue weighted by Gasteiger charge is 2.70. The van der Waals surface area contributed by atoms with Crippen LogP contribution in [0.4, 0.5) is 4.79 Å². The summed E-state index contributed by atoms with van der Waals surface area (Å²) in [7, 11) is 0.848. The fraction of sp³-hybridized carbons (Fsp3) is 0.850. The normalized spacial score (nSPS) is 38.0. The third-order valence-corrected chi connectivity index (χ3v) is 4.57. The van der Waals surface area contributed by atoms with Crippen molar-refractivity contribution in [3.8, 4) is 0 Å². The molecule has 1 saturated heterocycles. The lowest BCUT2D eigenvalue weighted by molar-refractivity contribution is -0.154. The minimum Gasteiger partial charge on any atom is -0.467 e. The third-order valence-electron chi connectivity index (χ3n) is 4.57. The molecule has 0 aromatic rings. The van der Waals surface area contributed by atoms with E-state index in [2.05, 4.69) is 0 Å². The minimum atomic E-state index is -4.00. The lowest BCUT2D eigenvalue weighted by Crippen LogP contribution is -2.58. The van der Waals surface area contributed by atoms with Gasteiger partial charge in [0, 0.05) is 33.0 Å². The quantitative estimate of drug-likeness (QED) is 0.740. The molecule has 7 nitrogen and oxygen atoms in total. The van der Waals surface area contributed by atoms with E-state index < -0.39 is 99.1 Å². The van der Waals surface area contributed by atoms with Crippen LogP contribution >= 0.6 is 0 Å². The number of carbonyl (C=O) groups excluding carboxylic acids is 3. The molecule has 0 aromatic heterocycles. The second-order valence-corrected chi connectivity index (χ2v) is 7.85. The smallest absolute Gasteiger partial charge is 0.408 e. The number of fused-ring (bicyclic) bond motifs is 1. The lowest BCUT2D eigenvalue weighted by atomic mass is 9.85. The van der Waals surface area contributed by atoms with E-state index in [1.54, 1.807) is 5.32 Å². The summed E-state index contributed by atoms with van der Waals surface area (Å²) in [6.45, 7) is -15.1. The molecule has 1 saturated carbocycles. The maximum atomic E-state index is 14.2. The number of hydrogen-bond acceptors (Lipinski definition) is 5. The highest BCUT2D eigenvalue weighted by Crippen LogP contribution is 2.65. The molecule has 2 rings (SSSR count). The van der Waals surface area contributed by atoms with Gasteiger partial charge in [0.1, 0.15) is 17.7 Å². The van der Waals surface area contributed by atoms with E-state index in [-0.39, 0.29) is 0 Å². The van der Waals surface area contributed by atoms with Gasteiger partial charge in [-0.2, -0.15) is 0 Å². The molecule has 0 unspecified atom stereocenters. The molecule has 0 radical (unpaired) electrons. The Morgan fingerprint density at radius 3 is 2.33 bits per heavy atom. The summed E-state index contributed by atoms with van der Waals surface area (Å²) in [5.41, 5.74) is -7.76. The predicted molar refractivity (Wildman–Crippen MR) is 101 cm³/mol. The Hall–Kier alpha value is -1.79. The first-order valence-electron chi connectivity index (χ1n) is 15.7. The van der Waals surface area contributed by atoms with Crippen LogP contribution in [0.2, 0.25) is 0 Å². The van der Waals surface area contributed by atoms with Gasteiger partial charge in [-0.3, -0.25) is 4.79 Å². The van der Waals surface area contributed by atoms with Crippen molar-refractivity contribution < 1.29 is 44.4 Å². The SMILES string of the molecule is [2H]C([2H])([2H])C1(C([2H])([2H])[2H])[C@@H]2[C@@H](C(=O)OC)N(C(=O)[C@@H](NC(=O)OC(C)(C)C)C(C([2H])([2H])[2H])(C([2H])([2H])[2H])C([2H])([2H])[2H])C[C@@H]21. The van der Waals surface area contributed by atoms with E-state index in [9.17, 15) is 14.4 Å². The largest absolute Gasteiger partial charge is 0.467 e. The fourth-order valence-corrected chi connectivity index (χ4v) is 3.30. The van der Waals surface area contributed by atoms with Gasteiger partial charge in [0.05, 0.1) is 7.11 Å². The first kappa shape index (κ1) is 8.70. The number of piperidine rings is 1. The number of esters is 1. The number of ether oxygens (including phenoxy) is 2. The van der Waals surface area contributed by atoms with Gasteiger partial charge in [0.15, 0.2) is 0 Å². The molecule has 4 atom stereocenters. The van der Waals surface area contributed by atoms with Crippen molar-refractivity contribution in [2.45, 2.75) is 72.7 Å². The second kappa shape index (κ2) is 6.67. The van der Waals surface area contributed by atoms with Crippen LogP contribution in [-0.2, 0) is 19.1 Å². The summed E-state index contributed by atoms with van der Waals surface area (Å²) in [5, 5.41) is 1.79. The van der Waals surface area contributed by atoms with Crippen molar-refractivity contribution in [1.29, 1.82) is 0 Å². The van der Waals surface area contributed by atoms with Gasteiger partial charge in [-0.1, -0.05) is 34.3 Å². The van der Waals surface area contributed by atoms with Crippen LogP contribution < -0.4 is 5.32 Å². The molecule has 27 heavy (non-hydrogen) atoms. The number of nitrogens with zero attached hydrogens (tertiary/aromatic N) is 1. The number of methoxy groups -OCH3 is 1. The Labute approximate surface area is 183 Å². The van der Waals surface area contributed by atoms with E-state index in [0.29, 0.717) is 4.90 Å². The number of hydrogen-bond donors (Lipinski definition) is 1. The first-order chi connectivity index (χ1) is 18.4. The second-order valence-electron chi connectivity index (χ2n) is 7.85. The Bertz CT molecular complexity index is 1030. The standard InChI is InChI=1S/C20H34N2O5/c1-18(2,3)14(21-17(25)27-19(4,5)6)15(23)22-10-11-12(20(11,7)8)13(22)16(24)26-9/h11-14H,10H2,1-9H3,(H,21,25)/t11-,12-,13-,14+/m0/s1/i1D3,2D3,3D3,7D3,8D3. The molecule has 2 aliphatic rings. The molecule has 1 N–H and O–H groups in total. The molecule has 1 aliphatic carbocycles. The van der Waals surface area contributed by atoms with E-state index in [0.717, 1.165) is 7.11 Å². The Morgan fingerprint density at radius 2 is 1.85 bits per heavy atom. The van der Waals surface area contributed by atoms with E-state index in [4.69, 9.17) is 30.0 Å². The summed E-state index contributed by atoms with van der Waals surface area (Å²) in [5.74, 6) is -6.00. The summed E-state index contributed by atoms with van der Waals surface area (Å²) < 4.78 is 130. The lowest BCUT2D eigenvalue weighted by Gasteiger charge is -2.37. The van der Waals surface area contributed by atoms with Crippen molar-refractivity contribution in [2.75, 3.05) is 13.7 Å². The van der Waals surface area contributed by atoms with Gasteiger partial charge in [-0.05, 0) is 37.5 Å². The number of alkyl carbamates (subject to hydrolysis) is 1. The van der Waals surface area contributed by atoms with E-state index in [1.807, 2.05) is 0 Å². The van der Waals surface area contributed by atoms with Crippen molar-refractivity contribution >= 4 is 18.0 Å². The average molecular weight is 398 g/mol. The zero-order chi connectivity index (χ0) is 33.4. The maximum absolute atomic E-state index is 14.2. The molecule has 2 amide bonds. The highest BCUT2D eigenvalue weighted by atomic mass is 16.6. The molecular formula is C20H34N2O5. The highest BCUT2D eigenvalue weighted by molar-refractivity contribution is 5.91. The zero-order valence-corrected chi connectivity index (χ0v) is 15.5. The predicted octanol–water partition coefficient (Wildman–Crippen LogP) is 2.58. The molecule has 0 bridgehead atoms. The van der Waals surface area contributed by atoms with Gasteiger partial charge in [-0.25, -0.2) is 9.59 Å². The molecule has 0 aromatic carbocycles. The number of carbonyl (C=O) groups is 3. The van der Waals surface area contributed by atoms with E-state index in [1.165, 1.54) is 20.8 Å². The maximum Gasteiger partial charge on any atom is 0.408 e. The third kappa shape index (κ3) is 4.22. The zero-order valence-electron chi connectivity index (χ0n) is 30.5. The van der Waals surface area contributed by atoms with Crippen LogP contribution in [0.15, 0.2) is 0 Å². The van der Waals surface area contributed by atoms with Crippen LogP contribution in [0, 0.1) is 22.7 Å². The Balaban J connectivity index is 2.84. The average Bonchev–Trinajstić information content (AvgIpc) is 3.23. The molecule has 2 fully saturated rings. The van der Waals surface area contributed by atoms with Crippen LogP contribution in [0.1, 0.15) is 75.6 Å². The van der Waals surface area contributed by atoms with Gasteiger partial charge >= 0.3 is 12.1 Å². The number of nitrogens with one attached hydrogen (secondary N) is 1. The van der Waals surface area contributed by atoms with Crippen molar-refractivity contribution in [3.05, 3.63) is 0 Å². The summed E-state index contributed by atoms with van der Waals surface area (Å²) >= 11 is 0. The molecule has 1 aliphatic heterocycles. The van der Waals surface area contributed by atoms with E-state index >= 15 is 0 Å². The van der Waals surface area contributed by atoms with Gasteiger partial charge in [0.25, 0.3) is 0 Å². The summed E-state index contributed by atoms with van der Waals surface area (Å²) in [6.07, 6.45) is -1.57. The fourth-order valence-electron chi connectivity index (χ4n) is 3.30. The van der Waals surface area contributed by atoms with Crippen LogP contribution in [0.3, 0.4) is 0 Å². The topological polar surface area (TPSA) is 84.9 Å². The summed E-state index contributed by atoms with van der Waals surface area (Å²) in [4.78, 5) is 40.4. The van der Waals surface area contributed by atoms with Crippen LogP contribution in [0.25, 0.3) is 0 Å². The number of amides is 2. The molecular weight excluding hydrogens is 348 g/mol. The first-order valence-corrected chi connectivity index (χ1v) is 8.24. The molecule has 0 spiro atoms. The number of rotatable bonds is 3. The molecule has 7 heteroatoms. The van der Waals surface area contributed by atoms with Crippen LogP contribution in [0.5, 0.6) is 0 Å². The number of likely N-dealkylation sites (tertiary alicyclic amines) is 1. The Kier molecular flexibility index (Phi) is 2.15.